The van der Waals surface area contributed by atoms with Crippen LogP contribution in [-0.2, 0) is 0 Å². The third kappa shape index (κ3) is 3.29. The number of nitrogens with two attached hydrogens (primary N) is 1. The molecular weight excluding hydrogens is 212 g/mol. The standard InChI is InChI=1S/C11H13ClN2O/c1-7(2)6-14-11(15)8-3-4-10(13)9(12)5-8/h3-5H,1,6,13H2,2H3,(H,14,15). The minimum Gasteiger partial charge on any atom is -0.398 e. The summed E-state index contributed by atoms with van der Waals surface area (Å²) in [6.07, 6.45) is 0. The maximum atomic E-state index is 11.6. The Morgan fingerprint density at radius 1 is 1.60 bits per heavy atom. The first kappa shape index (κ1) is 11.6. The predicted molar refractivity (Wildman–Crippen MR) is 63.0 cm³/mol. The second-order valence-electron chi connectivity index (χ2n) is 3.38. The molecule has 80 valence electrons. The van der Waals surface area contributed by atoms with Gasteiger partial charge in [-0.1, -0.05) is 23.8 Å². The van der Waals surface area contributed by atoms with Crippen molar-refractivity contribution in [1.29, 1.82) is 0 Å². The van der Waals surface area contributed by atoms with Crippen molar-refractivity contribution < 1.29 is 4.79 Å². The van der Waals surface area contributed by atoms with Crippen LogP contribution in [-0.4, -0.2) is 12.5 Å². The summed E-state index contributed by atoms with van der Waals surface area (Å²) < 4.78 is 0. The quantitative estimate of drug-likeness (QED) is 0.611. The Morgan fingerprint density at radius 2 is 2.27 bits per heavy atom. The topological polar surface area (TPSA) is 55.1 Å². The zero-order valence-electron chi connectivity index (χ0n) is 8.51. The number of carbonyl (C=O) groups excluding carboxylic acids is 1. The van der Waals surface area contributed by atoms with Gasteiger partial charge in [0, 0.05) is 12.1 Å². The highest BCUT2D eigenvalue weighted by atomic mass is 35.5. The third-order valence-corrected chi connectivity index (χ3v) is 2.14. The molecule has 0 radical (unpaired) electrons. The van der Waals surface area contributed by atoms with Crippen LogP contribution in [0.1, 0.15) is 17.3 Å². The molecule has 4 heteroatoms. The molecule has 1 amide bonds. The Labute approximate surface area is 93.9 Å². The molecule has 0 spiro atoms. The lowest BCUT2D eigenvalue weighted by Gasteiger charge is -2.05. The Bertz CT molecular complexity index is 402. The number of rotatable bonds is 3. The molecule has 0 heterocycles. The largest absolute Gasteiger partial charge is 0.398 e. The minimum absolute atomic E-state index is 0.181. The number of nitrogens with one attached hydrogen (secondary N) is 1. The van der Waals surface area contributed by atoms with Gasteiger partial charge in [-0.2, -0.15) is 0 Å². The van der Waals surface area contributed by atoms with E-state index in [0.29, 0.717) is 22.8 Å². The normalized spacial score (nSPS) is 9.73. The van der Waals surface area contributed by atoms with Crippen molar-refractivity contribution in [2.75, 3.05) is 12.3 Å². The number of hydrogen-bond donors (Lipinski definition) is 2. The SMILES string of the molecule is C=C(C)CNC(=O)c1ccc(N)c(Cl)c1. The maximum absolute atomic E-state index is 11.6. The summed E-state index contributed by atoms with van der Waals surface area (Å²) in [7, 11) is 0. The average molecular weight is 225 g/mol. The van der Waals surface area contributed by atoms with Crippen LogP contribution in [0.4, 0.5) is 5.69 Å². The van der Waals surface area contributed by atoms with E-state index in [-0.39, 0.29) is 5.91 Å². The van der Waals surface area contributed by atoms with Crippen molar-refractivity contribution in [3.8, 4) is 0 Å². The van der Waals surface area contributed by atoms with Gasteiger partial charge in [0.15, 0.2) is 0 Å². The Morgan fingerprint density at radius 3 is 2.80 bits per heavy atom. The fourth-order valence-electron chi connectivity index (χ4n) is 1.00. The zero-order valence-corrected chi connectivity index (χ0v) is 9.27. The van der Waals surface area contributed by atoms with Gasteiger partial charge in [0.25, 0.3) is 5.91 Å². The van der Waals surface area contributed by atoms with Crippen LogP contribution in [0.5, 0.6) is 0 Å². The number of hydrogen-bond acceptors (Lipinski definition) is 2. The number of anilines is 1. The molecule has 0 atom stereocenters. The van der Waals surface area contributed by atoms with Crippen molar-refractivity contribution in [2.45, 2.75) is 6.92 Å². The van der Waals surface area contributed by atoms with E-state index < -0.39 is 0 Å². The van der Waals surface area contributed by atoms with E-state index in [0.717, 1.165) is 5.57 Å². The molecule has 1 rings (SSSR count). The van der Waals surface area contributed by atoms with Gasteiger partial charge in [-0.05, 0) is 25.1 Å². The van der Waals surface area contributed by atoms with Gasteiger partial charge >= 0.3 is 0 Å². The minimum atomic E-state index is -0.181. The maximum Gasteiger partial charge on any atom is 0.251 e. The second kappa shape index (κ2) is 4.84. The summed E-state index contributed by atoms with van der Waals surface area (Å²) in [5.74, 6) is -0.181. The molecule has 0 saturated heterocycles. The van der Waals surface area contributed by atoms with Crippen LogP contribution < -0.4 is 11.1 Å². The van der Waals surface area contributed by atoms with Gasteiger partial charge in [0.2, 0.25) is 0 Å². The van der Waals surface area contributed by atoms with Gasteiger partial charge in [-0.15, -0.1) is 0 Å². The summed E-state index contributed by atoms with van der Waals surface area (Å²) in [6.45, 7) is 5.99. The molecule has 0 aliphatic rings. The molecule has 0 aliphatic carbocycles. The van der Waals surface area contributed by atoms with E-state index in [1.165, 1.54) is 0 Å². The zero-order chi connectivity index (χ0) is 11.4. The molecule has 0 bridgehead atoms. The predicted octanol–water partition coefficient (Wildman–Crippen LogP) is 2.23. The van der Waals surface area contributed by atoms with E-state index in [2.05, 4.69) is 11.9 Å². The monoisotopic (exact) mass is 224 g/mol. The number of benzene rings is 1. The molecule has 0 fully saturated rings. The second-order valence-corrected chi connectivity index (χ2v) is 3.78. The smallest absolute Gasteiger partial charge is 0.251 e. The van der Waals surface area contributed by atoms with Crippen molar-refractivity contribution >= 4 is 23.2 Å². The van der Waals surface area contributed by atoms with E-state index >= 15 is 0 Å². The highest BCUT2D eigenvalue weighted by molar-refractivity contribution is 6.33. The molecule has 0 unspecified atom stereocenters. The average Bonchev–Trinajstić information content (AvgIpc) is 2.18. The van der Waals surface area contributed by atoms with Gasteiger partial charge in [0.1, 0.15) is 0 Å². The molecule has 3 N–H and O–H groups in total. The molecule has 0 aliphatic heterocycles. The van der Waals surface area contributed by atoms with Crippen LogP contribution in [0.15, 0.2) is 30.4 Å². The van der Waals surface area contributed by atoms with Gasteiger partial charge in [0.05, 0.1) is 10.7 Å². The number of amides is 1. The van der Waals surface area contributed by atoms with Crippen LogP contribution in [0.2, 0.25) is 5.02 Å². The molecule has 1 aromatic carbocycles. The van der Waals surface area contributed by atoms with Crippen molar-refractivity contribution in [3.05, 3.63) is 40.9 Å². The molecule has 1 aromatic rings. The van der Waals surface area contributed by atoms with E-state index in [1.54, 1.807) is 18.2 Å². The number of nitrogen functional groups attached to an aromatic ring is 1. The van der Waals surface area contributed by atoms with Crippen molar-refractivity contribution in [3.63, 3.8) is 0 Å². The van der Waals surface area contributed by atoms with Crippen molar-refractivity contribution in [1.82, 2.24) is 5.32 Å². The lowest BCUT2D eigenvalue weighted by molar-refractivity contribution is 0.0957. The first-order valence-corrected chi connectivity index (χ1v) is 4.86. The lowest BCUT2D eigenvalue weighted by Crippen LogP contribution is -2.24. The highest BCUT2D eigenvalue weighted by Gasteiger charge is 2.06. The van der Waals surface area contributed by atoms with Gasteiger partial charge in [-0.3, -0.25) is 4.79 Å². The van der Waals surface area contributed by atoms with Gasteiger partial charge < -0.3 is 11.1 Å². The van der Waals surface area contributed by atoms with Crippen LogP contribution >= 0.6 is 11.6 Å². The summed E-state index contributed by atoms with van der Waals surface area (Å²) in [4.78, 5) is 11.6. The fraction of sp³-hybridized carbons (Fsp3) is 0.182. The van der Waals surface area contributed by atoms with Crippen LogP contribution in [0.25, 0.3) is 0 Å². The third-order valence-electron chi connectivity index (χ3n) is 1.81. The van der Waals surface area contributed by atoms with E-state index in [4.69, 9.17) is 17.3 Å². The van der Waals surface area contributed by atoms with E-state index in [9.17, 15) is 4.79 Å². The first-order chi connectivity index (χ1) is 7.00. The molecule has 3 nitrogen and oxygen atoms in total. The van der Waals surface area contributed by atoms with Crippen molar-refractivity contribution in [2.24, 2.45) is 0 Å². The number of carbonyl (C=O) groups is 1. The first-order valence-electron chi connectivity index (χ1n) is 4.48. The summed E-state index contributed by atoms with van der Waals surface area (Å²) in [5, 5.41) is 3.09. The van der Waals surface area contributed by atoms with Crippen LogP contribution in [0.3, 0.4) is 0 Å². The Kier molecular flexibility index (Phi) is 3.74. The molecule has 0 saturated carbocycles. The Balaban J connectivity index is 2.74. The summed E-state index contributed by atoms with van der Waals surface area (Å²) >= 11 is 5.80. The highest BCUT2D eigenvalue weighted by Crippen LogP contribution is 2.19. The Hall–Kier alpha value is -1.48. The number of halogens is 1. The lowest BCUT2D eigenvalue weighted by atomic mass is 10.2. The summed E-state index contributed by atoms with van der Waals surface area (Å²) in [6, 6.07) is 4.79. The van der Waals surface area contributed by atoms with Gasteiger partial charge in [-0.25, -0.2) is 0 Å². The summed E-state index contributed by atoms with van der Waals surface area (Å²) in [5.41, 5.74) is 7.39. The molecular formula is C11H13ClN2O. The van der Waals surface area contributed by atoms with Crippen LogP contribution in [0, 0.1) is 0 Å². The fourth-order valence-corrected chi connectivity index (χ4v) is 1.18. The molecule has 0 aromatic heterocycles. The molecule has 15 heavy (non-hydrogen) atoms. The van der Waals surface area contributed by atoms with E-state index in [1.807, 2.05) is 6.92 Å².